The molecule has 0 radical (unpaired) electrons. The van der Waals surface area contributed by atoms with Gasteiger partial charge in [-0.1, -0.05) is 0 Å². The lowest BCUT2D eigenvalue weighted by molar-refractivity contribution is -0.0516. The quantitative estimate of drug-likeness (QED) is 0.529. The molecule has 3 rings (SSSR count). The fourth-order valence-electron chi connectivity index (χ4n) is 2.97. The van der Waals surface area contributed by atoms with Crippen molar-refractivity contribution in [2.24, 2.45) is 0 Å². The molecule has 2 aliphatic rings. The second-order valence-electron chi connectivity index (χ2n) is 5.46. The van der Waals surface area contributed by atoms with Gasteiger partial charge in [0.15, 0.2) is 11.6 Å². The molecule has 0 bridgehead atoms. The number of hydrogen-bond donors (Lipinski definition) is 4. The maximum absolute atomic E-state index is 12.5. The van der Waals surface area contributed by atoms with Gasteiger partial charge in [-0.25, -0.2) is 0 Å². The van der Waals surface area contributed by atoms with Gasteiger partial charge >= 0.3 is 0 Å². The summed E-state index contributed by atoms with van der Waals surface area (Å²) in [5.41, 5.74) is 0.291. The second kappa shape index (κ2) is 4.49. The first kappa shape index (κ1) is 13.9. The van der Waals surface area contributed by atoms with E-state index in [4.69, 9.17) is 0 Å². The summed E-state index contributed by atoms with van der Waals surface area (Å²) in [5.74, 6) is -1.53. The normalized spacial score (nSPS) is 28.5. The predicted molar refractivity (Wildman–Crippen MR) is 71.2 cm³/mol. The molecule has 1 aromatic carbocycles. The topological polar surface area (TPSA) is 115 Å². The number of carbonyl (C=O) groups is 2. The van der Waals surface area contributed by atoms with Gasteiger partial charge in [-0.15, -0.1) is 0 Å². The first-order chi connectivity index (χ1) is 9.82. The summed E-state index contributed by atoms with van der Waals surface area (Å²) < 4.78 is 0. The lowest BCUT2D eigenvalue weighted by Gasteiger charge is -2.34. The number of hydrogen-bond acceptors (Lipinski definition) is 6. The average Bonchev–Trinajstić information content (AvgIpc) is 2.41. The van der Waals surface area contributed by atoms with Gasteiger partial charge in [0, 0.05) is 23.1 Å². The van der Waals surface area contributed by atoms with Gasteiger partial charge in [-0.05, 0) is 24.6 Å². The van der Waals surface area contributed by atoms with Crippen molar-refractivity contribution in [3.63, 3.8) is 0 Å². The zero-order chi connectivity index (χ0) is 15.5. The van der Waals surface area contributed by atoms with E-state index in [0.29, 0.717) is 5.56 Å². The van der Waals surface area contributed by atoms with Crippen LogP contribution in [0.3, 0.4) is 0 Å². The summed E-state index contributed by atoms with van der Waals surface area (Å²) in [6.07, 6.45) is -4.69. The molecule has 3 atom stereocenters. The van der Waals surface area contributed by atoms with E-state index >= 15 is 0 Å². The van der Waals surface area contributed by atoms with Crippen LogP contribution in [0.2, 0.25) is 0 Å². The Labute approximate surface area is 120 Å². The van der Waals surface area contributed by atoms with Crippen LogP contribution < -0.4 is 0 Å². The molecule has 110 valence electrons. The summed E-state index contributed by atoms with van der Waals surface area (Å²) in [6, 6.07) is 2.85. The number of aromatic hydroxyl groups is 1. The smallest absolute Gasteiger partial charge is 0.196 e. The number of aliphatic hydroxyl groups excluding tert-OH is 3. The Balaban J connectivity index is 2.25. The Morgan fingerprint density at radius 1 is 1.10 bits per heavy atom. The fourth-order valence-corrected chi connectivity index (χ4v) is 2.97. The number of phenolic OH excluding ortho intramolecular Hbond substituents is 1. The molecule has 2 aliphatic carbocycles. The van der Waals surface area contributed by atoms with Crippen LogP contribution >= 0.6 is 0 Å². The van der Waals surface area contributed by atoms with Gasteiger partial charge in [-0.3, -0.25) is 9.59 Å². The summed E-state index contributed by atoms with van der Waals surface area (Å²) in [7, 11) is 0. The maximum Gasteiger partial charge on any atom is 0.196 e. The van der Waals surface area contributed by atoms with Crippen molar-refractivity contribution in [2.75, 3.05) is 0 Å². The Kier molecular flexibility index (Phi) is 2.98. The Morgan fingerprint density at radius 3 is 2.43 bits per heavy atom. The van der Waals surface area contributed by atoms with Crippen LogP contribution in [0.25, 0.3) is 0 Å². The molecule has 0 aliphatic heterocycles. The number of aryl methyl sites for hydroxylation is 1. The molecule has 3 unspecified atom stereocenters. The molecule has 6 heteroatoms. The maximum atomic E-state index is 12.5. The molecule has 0 fully saturated rings. The second-order valence-corrected chi connectivity index (χ2v) is 5.46. The van der Waals surface area contributed by atoms with Gasteiger partial charge in [0.1, 0.15) is 18.0 Å². The zero-order valence-electron chi connectivity index (χ0n) is 11.2. The fraction of sp³-hybridized carbons (Fsp3) is 0.333. The van der Waals surface area contributed by atoms with Gasteiger partial charge in [-0.2, -0.15) is 0 Å². The Morgan fingerprint density at radius 2 is 1.76 bits per heavy atom. The minimum atomic E-state index is -1.64. The highest BCUT2D eigenvalue weighted by Crippen LogP contribution is 2.39. The van der Waals surface area contributed by atoms with Gasteiger partial charge in [0.2, 0.25) is 0 Å². The van der Waals surface area contributed by atoms with Crippen molar-refractivity contribution >= 4 is 11.6 Å². The first-order valence-corrected chi connectivity index (χ1v) is 6.53. The summed E-state index contributed by atoms with van der Waals surface area (Å²) in [4.78, 5) is 24.9. The third-order valence-electron chi connectivity index (χ3n) is 4.00. The lowest BCUT2D eigenvalue weighted by atomic mass is 9.74. The highest BCUT2D eigenvalue weighted by molar-refractivity contribution is 6.28. The highest BCUT2D eigenvalue weighted by atomic mass is 16.4. The molecule has 0 saturated carbocycles. The van der Waals surface area contributed by atoms with Crippen molar-refractivity contribution in [3.05, 3.63) is 40.0 Å². The largest absolute Gasteiger partial charge is 0.507 e. The van der Waals surface area contributed by atoms with Gasteiger partial charge < -0.3 is 20.4 Å². The van der Waals surface area contributed by atoms with E-state index in [0.717, 1.165) is 0 Å². The molecule has 1 aromatic rings. The Hall–Kier alpha value is -2.02. The molecule has 4 N–H and O–H groups in total. The number of aliphatic hydroxyl groups is 3. The molecule has 0 aromatic heterocycles. The van der Waals surface area contributed by atoms with Crippen molar-refractivity contribution in [1.29, 1.82) is 0 Å². The van der Waals surface area contributed by atoms with Crippen LogP contribution in [0.15, 0.2) is 23.3 Å². The number of carbonyl (C=O) groups excluding carboxylic acids is 2. The lowest BCUT2D eigenvalue weighted by Crippen LogP contribution is -2.47. The standard InChI is InChI=1S/C15H14O6/c1-5-2-6-10(8(16)3-5)14(20)11-7(12(6)18)4-9(17)13(19)15(11)21/h2-3,9,13,15-17,19,21H,4H2,1H3. The molecule has 0 spiro atoms. The average molecular weight is 290 g/mol. The zero-order valence-corrected chi connectivity index (χ0v) is 11.2. The Bertz CT molecular complexity index is 702. The number of Topliss-reactive ketones (excluding diaryl/α,β-unsaturated/α-hetero) is 2. The SMILES string of the molecule is Cc1cc(O)c2c(c1)C(=O)C1=C(C2=O)C(O)C(O)C(O)C1. The number of ketones is 2. The predicted octanol–water partition coefficient (Wildman–Crippen LogP) is -0.137. The molecule has 21 heavy (non-hydrogen) atoms. The van der Waals surface area contributed by atoms with Crippen LogP contribution in [-0.4, -0.2) is 50.3 Å². The summed E-state index contributed by atoms with van der Waals surface area (Å²) in [5, 5.41) is 39.3. The van der Waals surface area contributed by atoms with Crippen LogP contribution in [0.4, 0.5) is 0 Å². The molecule has 6 nitrogen and oxygen atoms in total. The first-order valence-electron chi connectivity index (χ1n) is 6.53. The molecule has 0 saturated heterocycles. The van der Waals surface area contributed by atoms with Crippen LogP contribution in [0, 0.1) is 6.92 Å². The molecular formula is C15H14O6. The minimum absolute atomic E-state index is 0.00259. The molecule has 0 amide bonds. The summed E-state index contributed by atoms with van der Waals surface area (Å²) in [6.45, 7) is 1.68. The van der Waals surface area contributed by atoms with Crippen LogP contribution in [0.5, 0.6) is 5.75 Å². The van der Waals surface area contributed by atoms with Crippen molar-refractivity contribution in [1.82, 2.24) is 0 Å². The summed E-state index contributed by atoms with van der Waals surface area (Å²) >= 11 is 0. The van der Waals surface area contributed by atoms with E-state index in [1.807, 2.05) is 0 Å². The van der Waals surface area contributed by atoms with Crippen LogP contribution in [-0.2, 0) is 0 Å². The van der Waals surface area contributed by atoms with Crippen molar-refractivity contribution in [3.8, 4) is 5.75 Å². The van der Waals surface area contributed by atoms with E-state index in [2.05, 4.69) is 0 Å². The third kappa shape index (κ3) is 1.84. The third-order valence-corrected chi connectivity index (χ3v) is 4.00. The van der Waals surface area contributed by atoms with E-state index < -0.39 is 29.9 Å². The van der Waals surface area contributed by atoms with E-state index in [9.17, 15) is 30.0 Å². The van der Waals surface area contributed by atoms with E-state index in [-0.39, 0.29) is 34.4 Å². The van der Waals surface area contributed by atoms with Crippen LogP contribution in [0.1, 0.15) is 32.7 Å². The number of benzene rings is 1. The molecule has 0 heterocycles. The highest BCUT2D eigenvalue weighted by Gasteiger charge is 2.45. The van der Waals surface area contributed by atoms with Gasteiger partial charge in [0.25, 0.3) is 0 Å². The minimum Gasteiger partial charge on any atom is -0.507 e. The monoisotopic (exact) mass is 290 g/mol. The number of phenols is 1. The van der Waals surface area contributed by atoms with Crippen molar-refractivity contribution < 1.29 is 30.0 Å². The van der Waals surface area contributed by atoms with E-state index in [1.54, 1.807) is 6.92 Å². The van der Waals surface area contributed by atoms with Crippen molar-refractivity contribution in [2.45, 2.75) is 31.7 Å². The number of fused-ring (bicyclic) bond motifs is 1. The number of rotatable bonds is 0. The van der Waals surface area contributed by atoms with E-state index in [1.165, 1.54) is 12.1 Å². The van der Waals surface area contributed by atoms with Gasteiger partial charge in [0.05, 0.1) is 11.7 Å². The molecular weight excluding hydrogens is 276 g/mol.